The van der Waals surface area contributed by atoms with Gasteiger partial charge in [-0.25, -0.2) is 0 Å². The molecule has 0 aliphatic carbocycles. The van der Waals surface area contributed by atoms with Gasteiger partial charge in [0.15, 0.2) is 0 Å². The molecule has 3 heterocycles. The molecule has 8 heteroatoms. The third-order valence-corrected chi connectivity index (χ3v) is 4.39. The van der Waals surface area contributed by atoms with Crippen LogP contribution >= 0.6 is 11.3 Å². The number of rotatable bonds is 5. The van der Waals surface area contributed by atoms with E-state index in [9.17, 15) is 9.59 Å². The topological polar surface area (TPSA) is 103 Å². The number of nitrogens with two attached hydrogens (primary N) is 1. The average molecular weight is 353 g/mol. The molecule has 3 aromatic rings. The number of thiophene rings is 1. The van der Waals surface area contributed by atoms with Crippen molar-refractivity contribution < 1.29 is 9.59 Å². The first-order chi connectivity index (χ1) is 12.0. The second-order valence-electron chi connectivity index (χ2n) is 5.22. The van der Waals surface area contributed by atoms with Gasteiger partial charge >= 0.3 is 0 Å². The molecular formula is C17H15N5O2S. The Kier molecular flexibility index (Phi) is 4.71. The minimum absolute atomic E-state index is 0.307. The number of carbonyl (C=O) groups is 2. The zero-order valence-corrected chi connectivity index (χ0v) is 14.2. The third kappa shape index (κ3) is 3.99. The Labute approximate surface area is 147 Å². The van der Waals surface area contributed by atoms with E-state index in [-0.39, 0.29) is 5.91 Å². The largest absolute Gasteiger partial charge is 0.365 e. The van der Waals surface area contributed by atoms with Crippen molar-refractivity contribution in [1.82, 2.24) is 14.8 Å². The molecule has 0 bridgehead atoms. The van der Waals surface area contributed by atoms with E-state index in [0.29, 0.717) is 9.88 Å². The van der Waals surface area contributed by atoms with Gasteiger partial charge in [0.05, 0.1) is 16.1 Å². The van der Waals surface area contributed by atoms with Crippen LogP contribution in [-0.2, 0) is 11.8 Å². The fourth-order valence-corrected chi connectivity index (χ4v) is 2.99. The van der Waals surface area contributed by atoms with Crippen LogP contribution in [0.4, 0.5) is 5.00 Å². The Hall–Kier alpha value is -3.26. The molecule has 0 saturated carbocycles. The number of amides is 2. The Morgan fingerprint density at radius 1 is 1.28 bits per heavy atom. The number of hydrogen-bond acceptors (Lipinski definition) is 5. The summed E-state index contributed by atoms with van der Waals surface area (Å²) in [7, 11) is 1.84. The second-order valence-corrected chi connectivity index (χ2v) is 6.30. The van der Waals surface area contributed by atoms with Crippen LogP contribution in [0.15, 0.2) is 49.1 Å². The first-order valence-corrected chi connectivity index (χ1v) is 8.16. The highest BCUT2D eigenvalue weighted by Crippen LogP contribution is 2.24. The highest BCUT2D eigenvalue weighted by atomic mass is 32.1. The minimum Gasteiger partial charge on any atom is -0.365 e. The van der Waals surface area contributed by atoms with Gasteiger partial charge in [0, 0.05) is 42.8 Å². The summed E-state index contributed by atoms with van der Waals surface area (Å²) in [5.74, 6) is -0.823. The molecule has 3 rings (SSSR count). The van der Waals surface area contributed by atoms with Gasteiger partial charge in [-0.15, -0.1) is 11.3 Å². The Morgan fingerprint density at radius 2 is 2.12 bits per heavy atom. The van der Waals surface area contributed by atoms with E-state index in [1.54, 1.807) is 41.5 Å². The summed E-state index contributed by atoms with van der Waals surface area (Å²) < 4.78 is 1.71. The molecule has 0 unspecified atom stereocenters. The molecule has 0 aromatic carbocycles. The molecular weight excluding hydrogens is 338 g/mol. The number of aromatic nitrogens is 3. The van der Waals surface area contributed by atoms with Gasteiger partial charge in [-0.2, -0.15) is 5.10 Å². The van der Waals surface area contributed by atoms with Crippen LogP contribution in [0.25, 0.3) is 17.2 Å². The van der Waals surface area contributed by atoms with E-state index in [2.05, 4.69) is 15.4 Å². The maximum absolute atomic E-state index is 12.1. The molecule has 126 valence electrons. The predicted molar refractivity (Wildman–Crippen MR) is 96.9 cm³/mol. The van der Waals surface area contributed by atoms with Crippen LogP contribution in [0.1, 0.15) is 15.2 Å². The molecule has 0 aliphatic heterocycles. The van der Waals surface area contributed by atoms with Crippen molar-refractivity contribution >= 4 is 34.2 Å². The summed E-state index contributed by atoms with van der Waals surface area (Å²) in [6.07, 6.45) is 10.1. The number of nitrogens with one attached hydrogen (secondary N) is 1. The number of pyridine rings is 1. The lowest BCUT2D eigenvalue weighted by molar-refractivity contribution is -0.111. The van der Waals surface area contributed by atoms with Gasteiger partial charge in [-0.05, 0) is 29.8 Å². The van der Waals surface area contributed by atoms with Crippen molar-refractivity contribution in [3.05, 3.63) is 59.5 Å². The Bertz CT molecular complexity index is 957. The Balaban J connectivity index is 1.75. The molecule has 25 heavy (non-hydrogen) atoms. The van der Waals surface area contributed by atoms with Gasteiger partial charge in [-0.3, -0.25) is 19.3 Å². The number of hydrogen-bond donors (Lipinski definition) is 2. The highest BCUT2D eigenvalue weighted by Gasteiger charge is 2.08. The molecule has 2 amide bonds. The molecule has 0 saturated heterocycles. The molecule has 0 atom stereocenters. The van der Waals surface area contributed by atoms with Gasteiger partial charge in [0.1, 0.15) is 0 Å². The maximum Gasteiger partial charge on any atom is 0.258 e. The third-order valence-electron chi connectivity index (χ3n) is 3.38. The summed E-state index contributed by atoms with van der Waals surface area (Å²) in [4.78, 5) is 27.6. The molecule has 3 N–H and O–H groups in total. The first kappa shape index (κ1) is 16.6. The van der Waals surface area contributed by atoms with Crippen LogP contribution in [0.2, 0.25) is 0 Å². The SMILES string of the molecule is Cn1cc(-c2ccncc2C=CC(=O)Nc2ccc(C(N)=O)s2)cn1. The smallest absolute Gasteiger partial charge is 0.258 e. The summed E-state index contributed by atoms with van der Waals surface area (Å²) in [5, 5.41) is 7.41. The van der Waals surface area contributed by atoms with Crippen molar-refractivity contribution in [2.24, 2.45) is 12.8 Å². The number of nitrogens with zero attached hydrogens (tertiary/aromatic N) is 3. The summed E-state index contributed by atoms with van der Waals surface area (Å²) in [6.45, 7) is 0. The van der Waals surface area contributed by atoms with Crippen LogP contribution in [0, 0.1) is 0 Å². The summed E-state index contributed by atoms with van der Waals surface area (Å²) in [6, 6.07) is 5.09. The Morgan fingerprint density at radius 3 is 2.80 bits per heavy atom. The van der Waals surface area contributed by atoms with E-state index >= 15 is 0 Å². The summed E-state index contributed by atoms with van der Waals surface area (Å²) in [5.41, 5.74) is 7.87. The fraction of sp³-hybridized carbons (Fsp3) is 0.0588. The minimum atomic E-state index is -0.516. The zero-order valence-electron chi connectivity index (χ0n) is 13.3. The number of carbonyl (C=O) groups excluding carboxylic acids is 2. The van der Waals surface area contributed by atoms with Crippen molar-refractivity contribution in [1.29, 1.82) is 0 Å². The lowest BCUT2D eigenvalue weighted by atomic mass is 10.0. The van der Waals surface area contributed by atoms with Crippen molar-refractivity contribution in [3.8, 4) is 11.1 Å². The van der Waals surface area contributed by atoms with E-state index in [0.717, 1.165) is 28.0 Å². The lowest BCUT2D eigenvalue weighted by Gasteiger charge is -2.02. The maximum atomic E-state index is 12.1. The molecule has 0 aliphatic rings. The van der Waals surface area contributed by atoms with Crippen molar-refractivity contribution in [3.63, 3.8) is 0 Å². The fourth-order valence-electron chi connectivity index (χ4n) is 2.23. The standard InChI is InChI=1S/C17H15N5O2S/c1-22-10-12(9-20-22)13-6-7-19-8-11(13)2-4-15(23)21-16-5-3-14(25-16)17(18)24/h2-10H,1H3,(H2,18,24)(H,21,23). The molecule has 0 radical (unpaired) electrons. The molecule has 3 aromatic heterocycles. The average Bonchev–Trinajstić information content (AvgIpc) is 3.22. The lowest BCUT2D eigenvalue weighted by Crippen LogP contribution is -2.08. The zero-order chi connectivity index (χ0) is 17.8. The quantitative estimate of drug-likeness (QED) is 0.687. The molecule has 0 spiro atoms. The molecule has 0 fully saturated rings. The first-order valence-electron chi connectivity index (χ1n) is 7.34. The number of aryl methyl sites for hydroxylation is 1. The van der Waals surface area contributed by atoms with Crippen LogP contribution in [0.3, 0.4) is 0 Å². The monoisotopic (exact) mass is 353 g/mol. The summed E-state index contributed by atoms with van der Waals surface area (Å²) >= 11 is 1.13. The highest BCUT2D eigenvalue weighted by molar-refractivity contribution is 7.18. The van der Waals surface area contributed by atoms with Crippen LogP contribution in [-0.4, -0.2) is 26.6 Å². The van der Waals surface area contributed by atoms with Crippen LogP contribution in [0.5, 0.6) is 0 Å². The van der Waals surface area contributed by atoms with E-state index in [4.69, 9.17) is 5.73 Å². The normalized spacial score (nSPS) is 10.9. The predicted octanol–water partition coefficient (Wildman–Crippen LogP) is 2.29. The van der Waals surface area contributed by atoms with Gasteiger partial charge in [0.2, 0.25) is 5.91 Å². The second kappa shape index (κ2) is 7.10. The van der Waals surface area contributed by atoms with Gasteiger partial charge in [0.25, 0.3) is 5.91 Å². The van der Waals surface area contributed by atoms with Gasteiger partial charge < -0.3 is 11.1 Å². The van der Waals surface area contributed by atoms with E-state index in [1.165, 1.54) is 6.08 Å². The number of anilines is 1. The van der Waals surface area contributed by atoms with Crippen molar-refractivity contribution in [2.45, 2.75) is 0 Å². The van der Waals surface area contributed by atoms with Gasteiger partial charge in [-0.1, -0.05) is 0 Å². The molecule has 7 nitrogen and oxygen atoms in total. The number of primary amides is 1. The van der Waals surface area contributed by atoms with Crippen LogP contribution < -0.4 is 11.1 Å². The van der Waals surface area contributed by atoms with E-state index < -0.39 is 5.91 Å². The van der Waals surface area contributed by atoms with Crippen molar-refractivity contribution in [2.75, 3.05) is 5.32 Å². The van der Waals surface area contributed by atoms with E-state index in [1.807, 2.05) is 19.3 Å².